The predicted octanol–water partition coefficient (Wildman–Crippen LogP) is 6.73. The number of allylic oxidation sites excluding steroid dienone is 1. The number of esters is 1. The maximum Gasteiger partial charge on any atom is 0.336 e. The lowest BCUT2D eigenvalue weighted by atomic mass is 9.75. The van der Waals surface area contributed by atoms with Crippen LogP contribution in [0.3, 0.4) is 0 Å². The van der Waals surface area contributed by atoms with Crippen LogP contribution in [-0.4, -0.2) is 67.1 Å². The third kappa shape index (κ3) is 7.83. The molecule has 230 valence electrons. The van der Waals surface area contributed by atoms with Crippen molar-refractivity contribution in [3.05, 3.63) is 118 Å². The van der Waals surface area contributed by atoms with Gasteiger partial charge in [-0.15, -0.1) is 0 Å². The van der Waals surface area contributed by atoms with E-state index in [1.807, 2.05) is 36.4 Å². The second kappa shape index (κ2) is 15.3. The summed E-state index contributed by atoms with van der Waals surface area (Å²) in [5.74, 6) is -3.55. The van der Waals surface area contributed by atoms with Crippen LogP contribution >= 0.6 is 11.6 Å². The van der Waals surface area contributed by atoms with Crippen LogP contribution in [0.4, 0.5) is 0 Å². The second-order valence-corrected chi connectivity index (χ2v) is 11.8. The molecule has 44 heavy (non-hydrogen) atoms. The summed E-state index contributed by atoms with van der Waals surface area (Å²) in [5.41, 5.74) is 3.92. The number of carbonyl (C=O) groups excluding carboxylic acids is 1. The Bertz CT molecular complexity index is 1450. The Labute approximate surface area is 264 Å². The van der Waals surface area contributed by atoms with E-state index in [1.165, 1.54) is 12.8 Å². The number of aliphatic imine (C=N–C) groups is 1. The molecule has 0 spiro atoms. The summed E-state index contributed by atoms with van der Waals surface area (Å²) in [6, 6.07) is 27.2. The lowest BCUT2D eigenvalue weighted by molar-refractivity contribution is -0.141. The van der Waals surface area contributed by atoms with Crippen LogP contribution in [0.25, 0.3) is 0 Å². The van der Waals surface area contributed by atoms with E-state index in [1.54, 1.807) is 31.2 Å². The molecule has 3 aromatic rings. The number of aliphatic carboxylic acids is 1. The monoisotopic (exact) mass is 614 g/mol. The van der Waals surface area contributed by atoms with Gasteiger partial charge in [0, 0.05) is 29.1 Å². The highest BCUT2D eigenvalue weighted by Crippen LogP contribution is 2.40. The highest BCUT2D eigenvalue weighted by atomic mass is 35.5. The minimum Gasteiger partial charge on any atom is -0.481 e. The zero-order valence-electron chi connectivity index (χ0n) is 25.0. The molecule has 0 saturated carbocycles. The second-order valence-electron chi connectivity index (χ2n) is 11.4. The van der Waals surface area contributed by atoms with E-state index < -0.39 is 23.8 Å². The van der Waals surface area contributed by atoms with Crippen molar-refractivity contribution in [1.82, 2.24) is 4.90 Å². The highest BCUT2D eigenvalue weighted by molar-refractivity contribution is 6.30. The predicted molar refractivity (Wildman–Crippen MR) is 172 cm³/mol. The number of benzene rings is 3. The molecule has 8 heteroatoms. The Hall–Kier alpha value is -3.78. The van der Waals surface area contributed by atoms with Crippen LogP contribution in [0.15, 0.2) is 101 Å². The lowest BCUT2D eigenvalue weighted by Gasteiger charge is -2.32. The molecule has 3 aromatic carbocycles. The first-order chi connectivity index (χ1) is 21.4. The number of carboxylic acid groups (broad SMARTS) is 1. The largest absolute Gasteiger partial charge is 0.481 e. The topological polar surface area (TPSA) is 88.4 Å². The van der Waals surface area contributed by atoms with Crippen molar-refractivity contribution in [3.63, 3.8) is 0 Å². The number of halogens is 1. The fourth-order valence-corrected chi connectivity index (χ4v) is 6.49. The summed E-state index contributed by atoms with van der Waals surface area (Å²) in [4.78, 5) is 33.6. The Morgan fingerprint density at radius 2 is 1.61 bits per heavy atom. The van der Waals surface area contributed by atoms with Crippen LogP contribution < -0.4 is 0 Å². The molecule has 1 fully saturated rings. The standard InChI is InChI=1S/C36H39ClN2O5/c1-25-32(36(42)44-21-17-30(26-11-4-2-5-12-26)27-13-6-3-7-14-27)33(28-15-10-16-29(37)23-28)34(35(40)41)31(38-25)24-43-22-20-39-18-8-9-19-39/h2-7,10-16,23,30,33-34H,8-9,17-22,24H2,1H3,(H,40,41). The number of hydrogen-bond donors (Lipinski definition) is 1. The zero-order valence-corrected chi connectivity index (χ0v) is 25.8. The fraction of sp³-hybridized carbons (Fsp3) is 0.361. The van der Waals surface area contributed by atoms with Gasteiger partial charge in [0.1, 0.15) is 5.92 Å². The van der Waals surface area contributed by atoms with E-state index >= 15 is 0 Å². The summed E-state index contributed by atoms with van der Waals surface area (Å²) in [6.45, 7) is 5.34. The lowest BCUT2D eigenvalue weighted by Crippen LogP contribution is -2.39. The van der Waals surface area contributed by atoms with Crippen molar-refractivity contribution in [2.45, 2.75) is 38.0 Å². The Kier molecular flexibility index (Phi) is 11.0. The van der Waals surface area contributed by atoms with E-state index in [9.17, 15) is 14.7 Å². The number of carboxylic acids is 1. The molecule has 2 aliphatic heterocycles. The average Bonchev–Trinajstić information content (AvgIpc) is 3.55. The molecule has 0 aliphatic carbocycles. The maximum absolute atomic E-state index is 13.8. The number of carbonyl (C=O) groups is 2. The van der Waals surface area contributed by atoms with Gasteiger partial charge in [0.25, 0.3) is 0 Å². The quantitative estimate of drug-likeness (QED) is 0.170. The molecule has 1 saturated heterocycles. The van der Waals surface area contributed by atoms with Gasteiger partial charge in [-0.05, 0) is 68.1 Å². The molecule has 0 aromatic heterocycles. The van der Waals surface area contributed by atoms with E-state index in [-0.39, 0.29) is 24.7 Å². The summed E-state index contributed by atoms with van der Waals surface area (Å²) in [7, 11) is 0. The van der Waals surface area contributed by atoms with Gasteiger partial charge >= 0.3 is 11.9 Å². The summed E-state index contributed by atoms with van der Waals surface area (Å²) < 4.78 is 11.8. The molecule has 2 atom stereocenters. The Morgan fingerprint density at radius 3 is 2.23 bits per heavy atom. The smallest absolute Gasteiger partial charge is 0.336 e. The molecule has 2 heterocycles. The van der Waals surface area contributed by atoms with Gasteiger partial charge < -0.3 is 19.5 Å². The number of nitrogens with zero attached hydrogens (tertiary/aromatic N) is 2. The van der Waals surface area contributed by atoms with Crippen molar-refractivity contribution in [2.75, 3.05) is 39.5 Å². The first-order valence-corrected chi connectivity index (χ1v) is 15.6. The molecular weight excluding hydrogens is 576 g/mol. The SMILES string of the molecule is CC1=C(C(=O)OCCC(c2ccccc2)c2ccccc2)C(c2cccc(Cl)c2)C(C(=O)O)C(COCCN2CCCC2)=N1. The van der Waals surface area contributed by atoms with Crippen molar-refractivity contribution >= 4 is 29.3 Å². The summed E-state index contributed by atoms with van der Waals surface area (Å²) >= 11 is 6.35. The number of ether oxygens (including phenoxy) is 2. The van der Waals surface area contributed by atoms with Crippen LogP contribution in [0.2, 0.25) is 5.02 Å². The first kappa shape index (κ1) is 31.6. The highest BCUT2D eigenvalue weighted by Gasteiger charge is 2.43. The molecule has 2 unspecified atom stereocenters. The molecule has 0 radical (unpaired) electrons. The number of rotatable bonds is 13. The van der Waals surface area contributed by atoms with Crippen molar-refractivity contribution in [3.8, 4) is 0 Å². The minimum absolute atomic E-state index is 0.0319. The fourth-order valence-electron chi connectivity index (χ4n) is 6.29. The van der Waals surface area contributed by atoms with Gasteiger partial charge in [-0.25, -0.2) is 4.79 Å². The molecular formula is C36H39ClN2O5. The third-order valence-electron chi connectivity index (χ3n) is 8.44. The van der Waals surface area contributed by atoms with E-state index in [0.717, 1.165) is 30.8 Å². The van der Waals surface area contributed by atoms with Gasteiger partial charge in [0.2, 0.25) is 0 Å². The van der Waals surface area contributed by atoms with Crippen LogP contribution in [0.5, 0.6) is 0 Å². The van der Waals surface area contributed by atoms with Crippen LogP contribution in [0, 0.1) is 5.92 Å². The minimum atomic E-state index is -1.10. The van der Waals surface area contributed by atoms with Crippen molar-refractivity contribution in [1.29, 1.82) is 0 Å². The third-order valence-corrected chi connectivity index (χ3v) is 8.68. The molecule has 5 rings (SSSR count). The van der Waals surface area contributed by atoms with Gasteiger partial charge in [-0.2, -0.15) is 0 Å². The first-order valence-electron chi connectivity index (χ1n) is 15.3. The number of hydrogen-bond acceptors (Lipinski definition) is 6. The Morgan fingerprint density at radius 1 is 0.955 bits per heavy atom. The van der Waals surface area contributed by atoms with Gasteiger partial charge in [-0.1, -0.05) is 84.4 Å². The van der Waals surface area contributed by atoms with Crippen molar-refractivity contribution in [2.24, 2.45) is 10.9 Å². The van der Waals surface area contributed by atoms with E-state index in [2.05, 4.69) is 34.2 Å². The van der Waals surface area contributed by atoms with Crippen molar-refractivity contribution < 1.29 is 24.2 Å². The average molecular weight is 615 g/mol. The molecule has 7 nitrogen and oxygen atoms in total. The molecule has 0 bridgehead atoms. The maximum atomic E-state index is 13.8. The summed E-state index contributed by atoms with van der Waals surface area (Å²) in [6.07, 6.45) is 2.95. The number of likely N-dealkylation sites (tertiary alicyclic amines) is 1. The molecule has 1 N–H and O–H groups in total. The van der Waals surface area contributed by atoms with E-state index in [4.69, 9.17) is 21.1 Å². The van der Waals surface area contributed by atoms with Crippen LogP contribution in [0.1, 0.15) is 54.7 Å². The van der Waals surface area contributed by atoms with E-state index in [0.29, 0.717) is 35.0 Å². The zero-order chi connectivity index (χ0) is 30.9. The van der Waals surface area contributed by atoms with Gasteiger partial charge in [0.15, 0.2) is 0 Å². The molecule has 0 amide bonds. The van der Waals surface area contributed by atoms with Crippen LogP contribution in [-0.2, 0) is 19.1 Å². The van der Waals surface area contributed by atoms with Gasteiger partial charge in [0.05, 0.1) is 31.1 Å². The van der Waals surface area contributed by atoms with Gasteiger partial charge in [-0.3, -0.25) is 9.79 Å². The normalized spacial score (nSPS) is 18.8. The summed E-state index contributed by atoms with van der Waals surface area (Å²) in [5, 5.41) is 10.9. The molecule has 2 aliphatic rings. The Balaban J connectivity index is 1.37.